The van der Waals surface area contributed by atoms with Crippen molar-refractivity contribution in [3.8, 4) is 0 Å². The fraction of sp³-hybridized carbons (Fsp3) is 0.379. The van der Waals surface area contributed by atoms with Crippen molar-refractivity contribution in [3.05, 3.63) is 97.7 Å². The molecule has 212 valence electrons. The third-order valence-corrected chi connectivity index (χ3v) is 7.68. The summed E-state index contributed by atoms with van der Waals surface area (Å²) in [6.07, 6.45) is 4.06. The Bertz CT molecular complexity index is 1600. The van der Waals surface area contributed by atoms with Crippen molar-refractivity contribution in [2.24, 2.45) is 21.1 Å². The third-order valence-electron chi connectivity index (χ3n) is 7.43. The van der Waals surface area contributed by atoms with Gasteiger partial charge in [-0.15, -0.1) is 0 Å². The first kappa shape index (κ1) is 29.4. The van der Waals surface area contributed by atoms with Crippen molar-refractivity contribution in [2.75, 3.05) is 19.6 Å². The van der Waals surface area contributed by atoms with Gasteiger partial charge in [0.2, 0.25) is 0 Å². The lowest BCUT2D eigenvalue weighted by molar-refractivity contribution is -0.0260. The van der Waals surface area contributed by atoms with Gasteiger partial charge in [0.25, 0.3) is 5.56 Å². The Morgan fingerprint density at radius 2 is 1.62 bits per heavy atom. The molecular weight excluding hydrogens is 537 g/mol. The molecule has 0 spiro atoms. The maximum absolute atomic E-state index is 12.9. The van der Waals surface area contributed by atoms with Gasteiger partial charge in [-0.25, -0.2) is 14.2 Å². The maximum Gasteiger partial charge on any atom is 0.332 e. The smallest absolute Gasteiger partial charge is 0.332 e. The second kappa shape index (κ2) is 12.3. The van der Waals surface area contributed by atoms with E-state index in [0.29, 0.717) is 41.0 Å². The zero-order chi connectivity index (χ0) is 29.0. The number of fused-ring (bicyclic) bond motifs is 1. The van der Waals surface area contributed by atoms with E-state index < -0.39 is 5.60 Å². The average molecular weight is 570 g/mol. The molecule has 5 rings (SSSR count). The second-order valence-electron chi connectivity index (χ2n) is 10.1. The molecule has 1 saturated heterocycles. The number of halogens is 2. The van der Waals surface area contributed by atoms with Crippen LogP contribution in [-0.4, -0.2) is 54.1 Å². The van der Waals surface area contributed by atoms with E-state index in [2.05, 4.69) is 9.88 Å². The maximum atomic E-state index is 12.9. The Morgan fingerprint density at radius 1 is 1.00 bits per heavy atom. The van der Waals surface area contributed by atoms with Crippen LogP contribution in [0.2, 0.25) is 5.02 Å². The monoisotopic (exact) mass is 569 g/mol. The van der Waals surface area contributed by atoms with Crippen molar-refractivity contribution in [1.29, 1.82) is 0 Å². The molecule has 0 unspecified atom stereocenters. The second-order valence-corrected chi connectivity index (χ2v) is 10.6. The van der Waals surface area contributed by atoms with Gasteiger partial charge >= 0.3 is 5.69 Å². The van der Waals surface area contributed by atoms with Gasteiger partial charge in [-0.1, -0.05) is 23.7 Å². The number of aliphatic hydroxyl groups is 1. The van der Waals surface area contributed by atoms with Crippen LogP contribution in [0.3, 0.4) is 0 Å². The summed E-state index contributed by atoms with van der Waals surface area (Å²) in [5.41, 5.74) is 0.847. The molecular formula is C29H33ClFN5O4. The highest BCUT2D eigenvalue weighted by atomic mass is 35.5. The third kappa shape index (κ3) is 6.41. The van der Waals surface area contributed by atoms with Gasteiger partial charge in [0.1, 0.15) is 5.82 Å². The number of rotatable bonds is 6. The largest absolute Gasteiger partial charge is 0.385 e. The number of piperidine rings is 1. The summed E-state index contributed by atoms with van der Waals surface area (Å²) in [5.74, 6) is -0.289. The van der Waals surface area contributed by atoms with E-state index >= 15 is 0 Å². The van der Waals surface area contributed by atoms with Crippen LogP contribution in [0.4, 0.5) is 4.39 Å². The molecule has 0 saturated carbocycles. The fourth-order valence-corrected chi connectivity index (χ4v) is 5.04. The van der Waals surface area contributed by atoms with Gasteiger partial charge in [-0.2, -0.15) is 0 Å². The number of aryl methyl sites for hydroxylation is 2. The van der Waals surface area contributed by atoms with E-state index in [1.54, 1.807) is 18.7 Å². The molecule has 1 aliphatic heterocycles. The molecule has 0 radical (unpaired) electrons. The summed E-state index contributed by atoms with van der Waals surface area (Å²) < 4.78 is 16.9. The number of carbonyl (C=O) groups is 1. The zero-order valence-corrected chi connectivity index (χ0v) is 23.6. The van der Waals surface area contributed by atoms with Crippen molar-refractivity contribution < 1.29 is 14.3 Å². The predicted octanol–water partition coefficient (Wildman–Crippen LogP) is 3.40. The number of Topliss-reactive ketones (excluding diaryl/α,β-unsaturated/α-hetero) is 1. The highest BCUT2D eigenvalue weighted by Crippen LogP contribution is 2.33. The van der Waals surface area contributed by atoms with E-state index in [4.69, 9.17) is 11.6 Å². The molecule has 2 aromatic carbocycles. The molecule has 0 aliphatic carbocycles. The summed E-state index contributed by atoms with van der Waals surface area (Å²) in [5, 5.41) is 11.5. The summed E-state index contributed by atoms with van der Waals surface area (Å²) in [6, 6.07) is 13.1. The van der Waals surface area contributed by atoms with Gasteiger partial charge in [0, 0.05) is 51.2 Å². The minimum atomic E-state index is -0.801. The molecule has 1 N–H and O–H groups in total. The molecule has 40 heavy (non-hydrogen) atoms. The topological polar surface area (TPSA) is 102 Å². The molecule has 2 aromatic heterocycles. The van der Waals surface area contributed by atoms with E-state index in [1.807, 2.05) is 24.3 Å². The summed E-state index contributed by atoms with van der Waals surface area (Å²) >= 11 is 5.92. The molecule has 9 nitrogen and oxygen atoms in total. The molecule has 4 aromatic rings. The van der Waals surface area contributed by atoms with Gasteiger partial charge < -0.3 is 14.6 Å². The van der Waals surface area contributed by atoms with Crippen LogP contribution in [-0.2, 0) is 26.7 Å². The van der Waals surface area contributed by atoms with Crippen LogP contribution in [0, 0.1) is 5.82 Å². The SMILES string of the molecule is Cn1c(=O)c2c(ncn2C)n(C)c1=O.O=C(CCCN1CCC(O)(c2ccc(Cl)cc2)CC1)c1ccc(F)cc1. The van der Waals surface area contributed by atoms with Gasteiger partial charge in [-0.05, 0) is 67.8 Å². The van der Waals surface area contributed by atoms with Crippen LogP contribution < -0.4 is 11.2 Å². The highest BCUT2D eigenvalue weighted by Gasteiger charge is 2.33. The van der Waals surface area contributed by atoms with Crippen LogP contribution in [0.1, 0.15) is 41.6 Å². The molecule has 0 atom stereocenters. The zero-order valence-electron chi connectivity index (χ0n) is 22.8. The lowest BCUT2D eigenvalue weighted by Gasteiger charge is -2.38. The molecule has 0 amide bonds. The number of ketones is 1. The van der Waals surface area contributed by atoms with Crippen molar-refractivity contribution in [3.63, 3.8) is 0 Å². The van der Waals surface area contributed by atoms with Crippen molar-refractivity contribution in [1.82, 2.24) is 23.6 Å². The van der Waals surface area contributed by atoms with Gasteiger partial charge in [0.05, 0.1) is 11.9 Å². The standard InChI is InChI=1S/C21H23ClFNO2.C8H10N4O2/c22-18-7-5-17(6-8-18)21(26)11-14-24(15-12-21)13-1-2-20(25)16-3-9-19(23)10-4-16;1-10-4-9-6-5(10)7(13)12(3)8(14)11(6)2/h3-10,26H,1-2,11-15H2;4H,1-3H3. The number of nitrogens with zero attached hydrogens (tertiary/aromatic N) is 5. The van der Waals surface area contributed by atoms with Crippen molar-refractivity contribution in [2.45, 2.75) is 31.3 Å². The lowest BCUT2D eigenvalue weighted by atomic mass is 9.84. The first-order valence-corrected chi connectivity index (χ1v) is 13.4. The molecule has 1 aliphatic rings. The highest BCUT2D eigenvalue weighted by molar-refractivity contribution is 6.30. The van der Waals surface area contributed by atoms with Crippen LogP contribution in [0.15, 0.2) is 64.4 Å². The number of aromatic nitrogens is 4. The van der Waals surface area contributed by atoms with Crippen molar-refractivity contribution >= 4 is 28.5 Å². The molecule has 11 heteroatoms. The first-order chi connectivity index (χ1) is 19.0. The number of benzene rings is 2. The van der Waals surface area contributed by atoms with E-state index in [-0.39, 0.29) is 22.8 Å². The number of carbonyl (C=O) groups excluding carboxylic acids is 1. The normalized spacial score (nSPS) is 15.1. The quantitative estimate of drug-likeness (QED) is 0.357. The predicted molar refractivity (Wildman–Crippen MR) is 152 cm³/mol. The Labute approximate surface area is 236 Å². The lowest BCUT2D eigenvalue weighted by Crippen LogP contribution is -2.42. The van der Waals surface area contributed by atoms with Crippen LogP contribution in [0.5, 0.6) is 0 Å². The Morgan fingerprint density at radius 3 is 2.25 bits per heavy atom. The summed E-state index contributed by atoms with van der Waals surface area (Å²) in [6.45, 7) is 2.41. The summed E-state index contributed by atoms with van der Waals surface area (Å²) in [7, 11) is 4.77. The number of imidazole rings is 1. The van der Waals surface area contributed by atoms with Crippen LogP contribution in [0.25, 0.3) is 11.2 Å². The van der Waals surface area contributed by atoms with Crippen LogP contribution >= 0.6 is 11.6 Å². The van der Waals surface area contributed by atoms with E-state index in [0.717, 1.165) is 36.2 Å². The summed E-state index contributed by atoms with van der Waals surface area (Å²) in [4.78, 5) is 41.6. The minimum Gasteiger partial charge on any atom is -0.385 e. The van der Waals surface area contributed by atoms with Gasteiger partial charge in [0.15, 0.2) is 16.9 Å². The average Bonchev–Trinajstić information content (AvgIpc) is 3.34. The molecule has 0 bridgehead atoms. The number of likely N-dealkylation sites (tertiary alicyclic amines) is 1. The minimum absolute atomic E-state index is 0.0414. The fourth-order valence-electron chi connectivity index (χ4n) is 4.91. The van der Waals surface area contributed by atoms with E-state index in [9.17, 15) is 23.9 Å². The molecule has 1 fully saturated rings. The number of hydrogen-bond acceptors (Lipinski definition) is 6. The number of hydrogen-bond donors (Lipinski definition) is 1. The Hall–Kier alpha value is -3.60. The van der Waals surface area contributed by atoms with E-state index in [1.165, 1.54) is 42.2 Å². The Kier molecular flexibility index (Phi) is 9.02. The van der Waals surface area contributed by atoms with Gasteiger partial charge in [-0.3, -0.25) is 18.7 Å². The Balaban J connectivity index is 0.000000222. The molecule has 3 heterocycles. The first-order valence-electron chi connectivity index (χ1n) is 13.1.